The lowest BCUT2D eigenvalue weighted by Crippen LogP contribution is -2.28. The van der Waals surface area contributed by atoms with Crippen LogP contribution in [0.2, 0.25) is 0 Å². The number of aliphatic carboxylic acids is 1. The van der Waals surface area contributed by atoms with E-state index in [1.54, 1.807) is 6.08 Å². The van der Waals surface area contributed by atoms with Gasteiger partial charge in [0.25, 0.3) is 0 Å². The number of nitrogens with one attached hydrogen (secondary N) is 1. The van der Waals surface area contributed by atoms with Gasteiger partial charge in [0.05, 0.1) is 0 Å². The monoisotopic (exact) mass is 211 g/mol. The number of carbonyl (C=O) groups is 1. The van der Waals surface area contributed by atoms with Crippen molar-refractivity contribution in [3.05, 3.63) is 12.2 Å². The molecule has 1 fully saturated rings. The van der Waals surface area contributed by atoms with Gasteiger partial charge in [-0.15, -0.1) is 0 Å². The van der Waals surface area contributed by atoms with Gasteiger partial charge in [-0.05, 0) is 25.2 Å². The van der Waals surface area contributed by atoms with E-state index >= 15 is 0 Å². The van der Waals surface area contributed by atoms with Gasteiger partial charge < -0.3 is 10.4 Å². The number of hydrogen-bond acceptors (Lipinski definition) is 2. The number of rotatable bonds is 4. The summed E-state index contributed by atoms with van der Waals surface area (Å²) in [7, 11) is 0. The summed E-state index contributed by atoms with van der Waals surface area (Å²) in [5.74, 6) is -0.0161. The average Bonchev–Trinajstić information content (AvgIpc) is 2.38. The first-order chi connectivity index (χ1) is 7.18. The second-order valence-corrected chi connectivity index (χ2v) is 4.46. The molecule has 86 valence electrons. The molecule has 1 rings (SSSR count). The molecule has 1 aliphatic rings. The second-order valence-electron chi connectivity index (χ2n) is 4.46. The van der Waals surface area contributed by atoms with Gasteiger partial charge >= 0.3 is 5.97 Å². The Balaban J connectivity index is 2.18. The molecule has 0 amide bonds. The van der Waals surface area contributed by atoms with E-state index in [1.807, 2.05) is 0 Å². The summed E-state index contributed by atoms with van der Waals surface area (Å²) in [5, 5.41) is 11.8. The Hall–Kier alpha value is -0.830. The molecule has 2 unspecified atom stereocenters. The van der Waals surface area contributed by atoms with Crippen LogP contribution in [0.1, 0.15) is 39.0 Å². The fraction of sp³-hybridized carbons (Fsp3) is 0.750. The number of carboxylic acids is 1. The molecule has 0 saturated heterocycles. The average molecular weight is 211 g/mol. The molecular weight excluding hydrogens is 190 g/mol. The van der Waals surface area contributed by atoms with Crippen molar-refractivity contribution in [3.63, 3.8) is 0 Å². The smallest absolute Gasteiger partial charge is 0.328 e. The molecule has 0 aromatic rings. The lowest BCUT2D eigenvalue weighted by molar-refractivity contribution is -0.131. The zero-order chi connectivity index (χ0) is 11.1. The van der Waals surface area contributed by atoms with Crippen LogP contribution < -0.4 is 5.32 Å². The molecule has 2 N–H and O–H groups in total. The molecule has 3 heteroatoms. The van der Waals surface area contributed by atoms with Crippen LogP contribution in [-0.4, -0.2) is 23.7 Å². The van der Waals surface area contributed by atoms with Gasteiger partial charge in [-0.3, -0.25) is 0 Å². The van der Waals surface area contributed by atoms with Crippen molar-refractivity contribution in [3.8, 4) is 0 Å². The van der Waals surface area contributed by atoms with Gasteiger partial charge in [0.2, 0.25) is 0 Å². The molecular formula is C12H21NO2. The summed E-state index contributed by atoms with van der Waals surface area (Å²) < 4.78 is 0. The van der Waals surface area contributed by atoms with E-state index < -0.39 is 5.97 Å². The quantitative estimate of drug-likeness (QED) is 0.553. The Morgan fingerprint density at radius 3 is 2.93 bits per heavy atom. The third-order valence-corrected chi connectivity index (χ3v) is 3.04. The highest BCUT2D eigenvalue weighted by atomic mass is 16.4. The Bertz CT molecular complexity index is 226. The molecule has 0 radical (unpaired) electrons. The zero-order valence-electron chi connectivity index (χ0n) is 9.41. The fourth-order valence-corrected chi connectivity index (χ4v) is 2.09. The normalized spacial score (nSPS) is 27.8. The standard InChI is InChI=1S/C12H21NO2/c1-10-4-2-5-11(8-7-10)13-9-3-6-12(14)15/h3,6,10-11,13H,2,4-5,7-9H2,1H3,(H,14,15)/b6-3+. The molecule has 0 heterocycles. The topological polar surface area (TPSA) is 49.3 Å². The molecule has 0 aliphatic heterocycles. The van der Waals surface area contributed by atoms with Gasteiger partial charge in [-0.2, -0.15) is 0 Å². The first kappa shape index (κ1) is 12.2. The van der Waals surface area contributed by atoms with Crippen molar-refractivity contribution in [2.24, 2.45) is 5.92 Å². The third-order valence-electron chi connectivity index (χ3n) is 3.04. The van der Waals surface area contributed by atoms with Gasteiger partial charge in [0, 0.05) is 18.7 Å². The van der Waals surface area contributed by atoms with Gasteiger partial charge in [0.1, 0.15) is 0 Å². The number of carboxylic acid groups (broad SMARTS) is 1. The molecule has 1 aliphatic carbocycles. The second kappa shape index (κ2) is 6.62. The summed E-state index contributed by atoms with van der Waals surface area (Å²) >= 11 is 0. The zero-order valence-corrected chi connectivity index (χ0v) is 9.41. The van der Waals surface area contributed by atoms with Crippen molar-refractivity contribution < 1.29 is 9.90 Å². The Kier molecular flexibility index (Phi) is 5.40. The van der Waals surface area contributed by atoms with Crippen molar-refractivity contribution in [2.75, 3.05) is 6.54 Å². The lowest BCUT2D eigenvalue weighted by Gasteiger charge is -2.14. The largest absolute Gasteiger partial charge is 0.478 e. The Labute approximate surface area is 91.6 Å². The molecule has 0 aromatic carbocycles. The van der Waals surface area contributed by atoms with E-state index in [9.17, 15) is 4.79 Å². The highest BCUT2D eigenvalue weighted by Crippen LogP contribution is 2.22. The van der Waals surface area contributed by atoms with E-state index in [0.717, 1.165) is 5.92 Å². The van der Waals surface area contributed by atoms with Gasteiger partial charge in [-0.25, -0.2) is 4.79 Å². The summed E-state index contributed by atoms with van der Waals surface area (Å²) in [6.45, 7) is 2.98. The summed E-state index contributed by atoms with van der Waals surface area (Å²) in [4.78, 5) is 10.2. The van der Waals surface area contributed by atoms with Crippen LogP contribution in [0, 0.1) is 5.92 Å². The summed E-state index contributed by atoms with van der Waals surface area (Å²) in [6, 6.07) is 0.577. The molecule has 15 heavy (non-hydrogen) atoms. The van der Waals surface area contributed by atoms with E-state index in [1.165, 1.54) is 38.2 Å². The van der Waals surface area contributed by atoms with Crippen LogP contribution >= 0.6 is 0 Å². The SMILES string of the molecule is CC1CCCC(NC/C=C/C(=O)O)CC1. The fourth-order valence-electron chi connectivity index (χ4n) is 2.09. The molecule has 0 bridgehead atoms. The van der Waals surface area contributed by atoms with Crippen LogP contribution in [-0.2, 0) is 4.79 Å². The maximum absolute atomic E-state index is 10.2. The molecule has 0 aromatic heterocycles. The molecule has 0 spiro atoms. The Morgan fingerprint density at radius 1 is 1.40 bits per heavy atom. The van der Waals surface area contributed by atoms with Crippen molar-refractivity contribution in [1.82, 2.24) is 5.32 Å². The highest BCUT2D eigenvalue weighted by Gasteiger charge is 2.14. The maximum Gasteiger partial charge on any atom is 0.328 e. The maximum atomic E-state index is 10.2. The minimum atomic E-state index is -0.869. The van der Waals surface area contributed by atoms with Gasteiger partial charge in [-0.1, -0.05) is 25.8 Å². The van der Waals surface area contributed by atoms with E-state index in [-0.39, 0.29) is 0 Å². The predicted molar refractivity (Wildman–Crippen MR) is 60.8 cm³/mol. The summed E-state index contributed by atoms with van der Waals surface area (Å²) in [5.41, 5.74) is 0. The first-order valence-electron chi connectivity index (χ1n) is 5.81. The third kappa shape index (κ3) is 5.57. The van der Waals surface area contributed by atoms with Crippen molar-refractivity contribution >= 4 is 5.97 Å². The van der Waals surface area contributed by atoms with Crippen molar-refractivity contribution in [1.29, 1.82) is 0 Å². The minimum Gasteiger partial charge on any atom is -0.478 e. The van der Waals surface area contributed by atoms with Crippen LogP contribution in [0.25, 0.3) is 0 Å². The lowest BCUT2D eigenvalue weighted by atomic mass is 10.0. The Morgan fingerprint density at radius 2 is 2.20 bits per heavy atom. The summed E-state index contributed by atoms with van der Waals surface area (Å²) in [6.07, 6.45) is 9.25. The first-order valence-corrected chi connectivity index (χ1v) is 5.81. The van der Waals surface area contributed by atoms with E-state index in [4.69, 9.17) is 5.11 Å². The molecule has 3 nitrogen and oxygen atoms in total. The molecule has 2 atom stereocenters. The van der Waals surface area contributed by atoms with Gasteiger partial charge in [0.15, 0.2) is 0 Å². The minimum absolute atomic E-state index is 0.577. The van der Waals surface area contributed by atoms with E-state index in [0.29, 0.717) is 12.6 Å². The highest BCUT2D eigenvalue weighted by molar-refractivity contribution is 5.79. The number of hydrogen-bond donors (Lipinski definition) is 2. The van der Waals surface area contributed by atoms with E-state index in [2.05, 4.69) is 12.2 Å². The van der Waals surface area contributed by atoms with Crippen LogP contribution in [0.4, 0.5) is 0 Å². The van der Waals surface area contributed by atoms with Crippen LogP contribution in [0.15, 0.2) is 12.2 Å². The van der Waals surface area contributed by atoms with Crippen LogP contribution in [0.3, 0.4) is 0 Å². The van der Waals surface area contributed by atoms with Crippen molar-refractivity contribution in [2.45, 2.75) is 45.1 Å². The van der Waals surface area contributed by atoms with Crippen LogP contribution in [0.5, 0.6) is 0 Å². The predicted octanol–water partition coefficient (Wildman–Crippen LogP) is 2.19. The molecule has 1 saturated carbocycles.